The zero-order valence-corrected chi connectivity index (χ0v) is 15.6. The average Bonchev–Trinajstić information content (AvgIpc) is 3.23. The molecule has 3 aromatic rings. The van der Waals surface area contributed by atoms with Crippen LogP contribution in [0, 0.1) is 0 Å². The molecule has 0 aliphatic carbocycles. The summed E-state index contributed by atoms with van der Waals surface area (Å²) in [5, 5.41) is 0.906. The van der Waals surface area contributed by atoms with Gasteiger partial charge in [0, 0.05) is 16.9 Å². The minimum atomic E-state index is 0. The van der Waals surface area contributed by atoms with Crippen molar-refractivity contribution in [1.29, 1.82) is 0 Å². The summed E-state index contributed by atoms with van der Waals surface area (Å²) in [5.74, 6) is 1.44. The second-order valence-corrected chi connectivity index (χ2v) is 6.69. The summed E-state index contributed by atoms with van der Waals surface area (Å²) in [4.78, 5) is 8.97. The van der Waals surface area contributed by atoms with Crippen molar-refractivity contribution in [2.24, 2.45) is 4.99 Å². The summed E-state index contributed by atoms with van der Waals surface area (Å²) in [5.41, 5.74) is 12.6. The third kappa shape index (κ3) is 3.27. The van der Waals surface area contributed by atoms with Crippen molar-refractivity contribution in [3.8, 4) is 0 Å². The van der Waals surface area contributed by atoms with Gasteiger partial charge in [-0.05, 0) is 23.3 Å². The maximum absolute atomic E-state index is 6.12. The molecule has 0 spiro atoms. The number of benzene rings is 2. The van der Waals surface area contributed by atoms with Gasteiger partial charge in [0.2, 0.25) is 5.95 Å². The van der Waals surface area contributed by atoms with Gasteiger partial charge in [0.25, 0.3) is 0 Å². The van der Waals surface area contributed by atoms with Crippen LogP contribution in [0.5, 0.6) is 0 Å². The van der Waals surface area contributed by atoms with Crippen LogP contribution < -0.4 is 5.73 Å². The highest BCUT2D eigenvalue weighted by Crippen LogP contribution is 2.29. The Kier molecular flexibility index (Phi) is 5.37. The molecule has 0 bridgehead atoms. The number of imidazole rings is 1. The Morgan fingerprint density at radius 1 is 1.16 bits per heavy atom. The minimum Gasteiger partial charge on any atom is -0.369 e. The van der Waals surface area contributed by atoms with Crippen LogP contribution >= 0.6 is 35.8 Å². The maximum atomic E-state index is 6.12. The lowest BCUT2D eigenvalue weighted by atomic mass is 9.99. The second kappa shape index (κ2) is 7.52. The summed E-state index contributed by atoms with van der Waals surface area (Å²) in [6, 6.07) is 16.1. The van der Waals surface area contributed by atoms with E-state index < -0.39 is 0 Å². The van der Waals surface area contributed by atoms with E-state index in [1.807, 2.05) is 47.0 Å². The van der Waals surface area contributed by atoms with Crippen LogP contribution in [-0.2, 0) is 0 Å². The smallest absolute Gasteiger partial charge is 0.207 e. The fraction of sp³-hybridized carbons (Fsp3) is 0.111. The van der Waals surface area contributed by atoms with E-state index in [-0.39, 0.29) is 12.4 Å². The summed E-state index contributed by atoms with van der Waals surface area (Å²) in [6.07, 6.45) is 0. The van der Waals surface area contributed by atoms with Gasteiger partial charge in [0.05, 0.1) is 17.6 Å². The van der Waals surface area contributed by atoms with Gasteiger partial charge in [-0.2, -0.15) is 0 Å². The molecular weight excluding hydrogens is 375 g/mol. The number of thioether (sulfide) groups is 1. The lowest BCUT2D eigenvalue weighted by Gasteiger charge is -2.09. The number of aromatic nitrogens is 2. The largest absolute Gasteiger partial charge is 0.369 e. The Morgan fingerprint density at radius 2 is 1.96 bits per heavy atom. The first-order valence-corrected chi connectivity index (χ1v) is 9.02. The Hall–Kier alpha value is -1.95. The van der Waals surface area contributed by atoms with E-state index in [1.165, 1.54) is 0 Å². The predicted octanol–water partition coefficient (Wildman–Crippen LogP) is 4.62. The van der Waals surface area contributed by atoms with Crippen LogP contribution in [0.3, 0.4) is 0 Å². The fourth-order valence-corrected chi connectivity index (χ4v) is 3.95. The molecule has 0 amide bonds. The van der Waals surface area contributed by atoms with Gasteiger partial charge < -0.3 is 5.73 Å². The van der Waals surface area contributed by atoms with E-state index >= 15 is 0 Å². The number of nitrogens with zero attached hydrogens (tertiary/aromatic N) is 3. The van der Waals surface area contributed by atoms with E-state index in [2.05, 4.69) is 16.0 Å². The molecule has 128 valence electrons. The van der Waals surface area contributed by atoms with Gasteiger partial charge in [0.15, 0.2) is 5.17 Å². The maximum Gasteiger partial charge on any atom is 0.207 e. The Labute approximate surface area is 161 Å². The van der Waals surface area contributed by atoms with Crippen molar-refractivity contribution in [1.82, 2.24) is 9.55 Å². The summed E-state index contributed by atoms with van der Waals surface area (Å²) in [6.45, 7) is 0.815. The molecule has 0 saturated carbocycles. The molecule has 4 rings (SSSR count). The number of fused-ring (bicyclic) bond motifs is 1. The Balaban J connectivity index is 0.00000182. The SMILES string of the molecule is Cl.Nc1nc2ccc(C(=CCl)c3ccccc3)cc2n1C1=NCCS1. The van der Waals surface area contributed by atoms with E-state index in [0.717, 1.165) is 45.2 Å². The van der Waals surface area contributed by atoms with Crippen LogP contribution in [0.1, 0.15) is 11.1 Å². The quantitative estimate of drug-likeness (QED) is 0.694. The Morgan fingerprint density at radius 3 is 2.64 bits per heavy atom. The van der Waals surface area contributed by atoms with E-state index in [4.69, 9.17) is 17.3 Å². The molecule has 0 saturated heterocycles. The molecule has 2 aromatic carbocycles. The molecule has 7 heteroatoms. The lowest BCUT2D eigenvalue weighted by Crippen LogP contribution is -2.09. The van der Waals surface area contributed by atoms with E-state index in [1.54, 1.807) is 17.3 Å². The van der Waals surface area contributed by atoms with Crippen LogP contribution in [0.2, 0.25) is 0 Å². The zero-order chi connectivity index (χ0) is 16.5. The number of rotatable bonds is 2. The third-order valence-corrected chi connectivity index (χ3v) is 5.12. The number of hydrogen-bond acceptors (Lipinski definition) is 4. The van der Waals surface area contributed by atoms with Crippen LogP contribution in [0.15, 0.2) is 59.1 Å². The van der Waals surface area contributed by atoms with Crippen molar-refractivity contribution >= 4 is 63.5 Å². The third-order valence-electron chi connectivity index (χ3n) is 3.95. The number of aliphatic imine (C=N–C) groups is 1. The standard InChI is InChI=1S/C18H15ClN4S.ClH/c19-11-14(12-4-2-1-3-5-12)13-6-7-15-16(10-13)23(17(20)22-15)18-21-8-9-24-18;/h1-7,10-11H,8-9H2,(H2,20,22);1H. The van der Waals surface area contributed by atoms with Gasteiger partial charge in [-0.15, -0.1) is 12.4 Å². The predicted molar refractivity (Wildman–Crippen MR) is 111 cm³/mol. The fourth-order valence-electron chi connectivity index (χ4n) is 2.83. The summed E-state index contributed by atoms with van der Waals surface area (Å²) < 4.78 is 1.92. The van der Waals surface area contributed by atoms with Crippen LogP contribution in [0.25, 0.3) is 16.6 Å². The van der Waals surface area contributed by atoms with Crippen molar-refractivity contribution in [2.75, 3.05) is 18.0 Å². The molecule has 1 aromatic heterocycles. The normalized spacial score (nSPS) is 14.4. The molecule has 25 heavy (non-hydrogen) atoms. The first-order chi connectivity index (χ1) is 11.8. The van der Waals surface area contributed by atoms with Gasteiger partial charge in [0.1, 0.15) is 0 Å². The van der Waals surface area contributed by atoms with Crippen LogP contribution in [-0.4, -0.2) is 27.0 Å². The van der Waals surface area contributed by atoms with Crippen molar-refractivity contribution < 1.29 is 0 Å². The zero-order valence-electron chi connectivity index (χ0n) is 13.2. The van der Waals surface area contributed by atoms with Gasteiger partial charge >= 0.3 is 0 Å². The molecule has 0 radical (unpaired) electrons. The second-order valence-electron chi connectivity index (χ2n) is 5.41. The summed E-state index contributed by atoms with van der Waals surface area (Å²) >= 11 is 7.82. The molecule has 4 nitrogen and oxygen atoms in total. The van der Waals surface area contributed by atoms with Gasteiger partial charge in [-0.3, -0.25) is 9.56 Å². The van der Waals surface area contributed by atoms with E-state index in [0.29, 0.717) is 5.95 Å². The van der Waals surface area contributed by atoms with E-state index in [9.17, 15) is 0 Å². The molecule has 2 heterocycles. The first kappa shape index (κ1) is 17.9. The topological polar surface area (TPSA) is 56.2 Å². The molecule has 1 aliphatic heterocycles. The highest BCUT2D eigenvalue weighted by molar-refractivity contribution is 8.14. The van der Waals surface area contributed by atoms with Crippen molar-refractivity contribution in [2.45, 2.75) is 0 Å². The highest BCUT2D eigenvalue weighted by atomic mass is 35.5. The Bertz CT molecular complexity index is 964. The average molecular weight is 391 g/mol. The number of nitrogen functional groups attached to an aromatic ring is 1. The summed E-state index contributed by atoms with van der Waals surface area (Å²) in [7, 11) is 0. The molecule has 0 fully saturated rings. The molecule has 0 atom stereocenters. The molecule has 1 aliphatic rings. The van der Waals surface area contributed by atoms with Gasteiger partial charge in [-0.25, -0.2) is 4.98 Å². The monoisotopic (exact) mass is 390 g/mol. The number of halogens is 2. The van der Waals surface area contributed by atoms with Crippen molar-refractivity contribution in [3.05, 3.63) is 65.2 Å². The lowest BCUT2D eigenvalue weighted by molar-refractivity contribution is 1.13. The minimum absolute atomic E-state index is 0. The number of hydrogen-bond donors (Lipinski definition) is 1. The molecule has 2 N–H and O–H groups in total. The first-order valence-electron chi connectivity index (χ1n) is 7.59. The number of nitrogens with two attached hydrogens (primary N) is 1. The van der Waals surface area contributed by atoms with Crippen molar-refractivity contribution in [3.63, 3.8) is 0 Å². The van der Waals surface area contributed by atoms with Crippen LogP contribution in [0.4, 0.5) is 5.95 Å². The number of anilines is 1. The highest BCUT2D eigenvalue weighted by Gasteiger charge is 2.17. The van der Waals surface area contributed by atoms with Gasteiger partial charge in [-0.1, -0.05) is 59.8 Å². The molecular formula is C18H16Cl2N4S. The molecule has 0 unspecified atom stereocenters.